The number of carbonyl (C=O) groups excluding carboxylic acids is 2. The van der Waals surface area contributed by atoms with Crippen LogP contribution in [0, 0.1) is 0 Å². The Bertz CT molecular complexity index is 1700. The van der Waals surface area contributed by atoms with Crippen LogP contribution in [0.5, 0.6) is 5.75 Å². The van der Waals surface area contributed by atoms with Crippen molar-refractivity contribution < 1.29 is 24.2 Å². The molecule has 1 amide bonds. The number of benzene rings is 1. The Morgan fingerprint density at radius 1 is 0.679 bits per heavy atom. The topological polar surface area (TPSA) is 143 Å². The summed E-state index contributed by atoms with van der Waals surface area (Å²) in [6, 6.07) is 25.8. The normalized spacial score (nSPS) is 12.0. The van der Waals surface area contributed by atoms with Crippen molar-refractivity contribution in [3.8, 4) is 5.75 Å². The molecule has 0 saturated carbocycles. The number of ether oxygens (including phenoxy) is 2. The number of aromatic nitrogens is 4. The smallest absolute Gasteiger partial charge is 0.408 e. The summed E-state index contributed by atoms with van der Waals surface area (Å²) in [4.78, 5) is 48.4. The van der Waals surface area contributed by atoms with Gasteiger partial charge in [0.2, 0.25) is 0 Å². The lowest BCUT2D eigenvalue weighted by Gasteiger charge is -2.26. The predicted molar refractivity (Wildman–Crippen MR) is 200 cm³/mol. The van der Waals surface area contributed by atoms with Crippen molar-refractivity contribution in [2.45, 2.75) is 78.1 Å². The van der Waals surface area contributed by atoms with Crippen LogP contribution >= 0.6 is 0 Å². The molecule has 0 unspecified atom stereocenters. The lowest BCUT2D eigenvalue weighted by Crippen LogP contribution is -2.45. The molecule has 12 heteroatoms. The van der Waals surface area contributed by atoms with Gasteiger partial charge in [-0.05, 0) is 74.9 Å². The first-order valence-corrected chi connectivity index (χ1v) is 17.5. The van der Waals surface area contributed by atoms with E-state index in [9.17, 15) is 14.7 Å². The maximum Gasteiger partial charge on any atom is 0.408 e. The molecule has 2 N–H and O–H groups in total. The first-order valence-electron chi connectivity index (χ1n) is 17.5. The predicted octanol–water partition coefficient (Wildman–Crippen LogP) is 5.99. The zero-order valence-corrected chi connectivity index (χ0v) is 30.7. The van der Waals surface area contributed by atoms with Crippen LogP contribution < -0.4 is 5.32 Å². The number of nitrogens with one attached hydrogen (secondary N) is 1. The van der Waals surface area contributed by atoms with Gasteiger partial charge in [0.05, 0.1) is 29.9 Å². The van der Waals surface area contributed by atoms with E-state index in [0.29, 0.717) is 56.0 Å². The largest absolute Gasteiger partial charge is 0.507 e. The number of hydrogen-bond donors (Lipinski definition) is 2. The van der Waals surface area contributed by atoms with Crippen LogP contribution in [0.15, 0.2) is 110 Å². The summed E-state index contributed by atoms with van der Waals surface area (Å²) in [5.41, 5.74) is 4.69. The minimum absolute atomic E-state index is 0.0904. The number of esters is 1. The van der Waals surface area contributed by atoms with Gasteiger partial charge in [-0.25, -0.2) is 9.59 Å². The van der Waals surface area contributed by atoms with Crippen molar-refractivity contribution in [3.63, 3.8) is 0 Å². The monoisotopic (exact) mass is 717 g/mol. The first kappa shape index (κ1) is 38.5. The van der Waals surface area contributed by atoms with Gasteiger partial charge in [0.1, 0.15) is 17.4 Å². The minimum atomic E-state index is -1.05. The minimum Gasteiger partial charge on any atom is -0.507 e. The van der Waals surface area contributed by atoms with Crippen LogP contribution in [0.1, 0.15) is 60.2 Å². The Hall–Kier alpha value is -5.72. The van der Waals surface area contributed by atoms with E-state index in [4.69, 9.17) is 9.47 Å². The van der Waals surface area contributed by atoms with Crippen molar-refractivity contribution in [2.24, 2.45) is 0 Å². The number of nitrogens with zero attached hydrogens (tertiary/aromatic N) is 6. The summed E-state index contributed by atoms with van der Waals surface area (Å²) < 4.78 is 10.6. The van der Waals surface area contributed by atoms with Gasteiger partial charge in [-0.2, -0.15) is 0 Å². The Morgan fingerprint density at radius 3 is 1.40 bits per heavy atom. The zero-order chi connectivity index (χ0) is 37.6. The molecule has 0 aliphatic rings. The number of aromatic hydroxyl groups is 1. The third kappa shape index (κ3) is 12.5. The van der Waals surface area contributed by atoms with Gasteiger partial charge in [0.25, 0.3) is 0 Å². The number of carbonyl (C=O) groups is 2. The summed E-state index contributed by atoms with van der Waals surface area (Å²) >= 11 is 0. The van der Waals surface area contributed by atoms with Gasteiger partial charge in [-0.15, -0.1) is 0 Å². The average molecular weight is 718 g/mol. The van der Waals surface area contributed by atoms with E-state index in [0.717, 1.165) is 22.8 Å². The highest BCUT2D eigenvalue weighted by atomic mass is 16.6. The van der Waals surface area contributed by atoms with Crippen LogP contribution in [-0.2, 0) is 60.0 Å². The Balaban J connectivity index is 1.53. The SMILES string of the molecule is COC(=O)[C@@H](Cc1cc(CN(Cc2ccccn2)Cc2ccccn2)c(O)c(CN(Cc2ccccn2)Cc2ccccn2)c1)NC(=O)OC(C)(C)C. The number of alkyl carbamates (subject to hydrolysis) is 1. The highest BCUT2D eigenvalue weighted by molar-refractivity contribution is 5.81. The molecular weight excluding hydrogens is 670 g/mol. The summed E-state index contributed by atoms with van der Waals surface area (Å²) in [6.07, 6.45) is 6.38. The van der Waals surface area contributed by atoms with E-state index in [1.54, 1.807) is 45.6 Å². The van der Waals surface area contributed by atoms with Crippen LogP contribution in [0.25, 0.3) is 0 Å². The Labute approximate surface area is 310 Å². The number of phenols is 1. The number of amides is 1. The summed E-state index contributed by atoms with van der Waals surface area (Å²) in [7, 11) is 1.28. The molecule has 5 rings (SSSR count). The molecule has 0 radical (unpaired) electrons. The van der Waals surface area contributed by atoms with Crippen molar-refractivity contribution in [2.75, 3.05) is 7.11 Å². The van der Waals surface area contributed by atoms with E-state index in [1.807, 2.05) is 84.9 Å². The van der Waals surface area contributed by atoms with Crippen molar-refractivity contribution in [1.82, 2.24) is 35.1 Å². The second kappa shape index (κ2) is 18.7. The summed E-state index contributed by atoms with van der Waals surface area (Å²) in [6.45, 7) is 7.90. The molecule has 276 valence electrons. The fourth-order valence-electron chi connectivity index (χ4n) is 5.91. The van der Waals surface area contributed by atoms with Gasteiger partial charge in [0, 0.05) is 81.6 Å². The van der Waals surface area contributed by atoms with E-state index >= 15 is 0 Å². The molecule has 0 bridgehead atoms. The Kier molecular flexibility index (Phi) is 13.6. The first-order chi connectivity index (χ1) is 25.5. The van der Waals surface area contributed by atoms with Crippen LogP contribution in [-0.4, -0.2) is 65.7 Å². The number of methoxy groups -OCH3 is 1. The van der Waals surface area contributed by atoms with Crippen LogP contribution in [0.3, 0.4) is 0 Å². The number of pyridine rings is 4. The lowest BCUT2D eigenvalue weighted by molar-refractivity contribution is -0.143. The van der Waals surface area contributed by atoms with E-state index in [2.05, 4.69) is 35.1 Å². The van der Waals surface area contributed by atoms with Crippen molar-refractivity contribution in [3.05, 3.63) is 149 Å². The number of rotatable bonds is 16. The fraction of sp³-hybridized carbons (Fsp3) is 0.317. The van der Waals surface area contributed by atoms with Gasteiger partial charge < -0.3 is 19.9 Å². The molecule has 1 atom stereocenters. The second-order valence-electron chi connectivity index (χ2n) is 13.8. The molecule has 1 aromatic carbocycles. The highest BCUT2D eigenvalue weighted by Crippen LogP contribution is 2.30. The van der Waals surface area contributed by atoms with E-state index < -0.39 is 23.7 Å². The standard InChI is InChI=1S/C41H47N7O5/c1-41(2,3)53-40(51)46-37(39(50)52-4)23-30-21-31(24-47(26-33-13-5-9-17-42-33)27-34-14-6-10-18-43-34)38(49)32(22-30)25-48(28-35-15-7-11-19-44-35)29-36-16-8-12-20-45-36/h5-22,37,49H,23-29H2,1-4H3,(H,46,51)/t37-/m1/s1. The highest BCUT2D eigenvalue weighted by Gasteiger charge is 2.27. The molecule has 0 spiro atoms. The molecule has 4 heterocycles. The number of hydrogen-bond acceptors (Lipinski definition) is 11. The Morgan fingerprint density at radius 2 is 1.08 bits per heavy atom. The van der Waals surface area contributed by atoms with E-state index in [1.165, 1.54) is 7.11 Å². The second-order valence-corrected chi connectivity index (χ2v) is 13.8. The van der Waals surface area contributed by atoms with Crippen LogP contribution in [0.2, 0.25) is 0 Å². The molecule has 53 heavy (non-hydrogen) atoms. The summed E-state index contributed by atoms with van der Waals surface area (Å²) in [5.74, 6) is -0.492. The molecule has 4 aromatic heterocycles. The summed E-state index contributed by atoms with van der Waals surface area (Å²) in [5, 5.41) is 14.7. The maximum absolute atomic E-state index is 13.0. The zero-order valence-electron chi connectivity index (χ0n) is 30.7. The third-order valence-corrected chi connectivity index (χ3v) is 8.18. The van der Waals surface area contributed by atoms with Gasteiger partial charge in [0.15, 0.2) is 0 Å². The van der Waals surface area contributed by atoms with Crippen molar-refractivity contribution >= 4 is 12.1 Å². The maximum atomic E-state index is 13.0. The average Bonchev–Trinajstić information content (AvgIpc) is 3.13. The van der Waals surface area contributed by atoms with E-state index in [-0.39, 0.29) is 12.2 Å². The molecule has 0 aliphatic heterocycles. The van der Waals surface area contributed by atoms with Gasteiger partial charge in [-0.3, -0.25) is 29.7 Å². The molecular formula is C41H47N7O5. The third-order valence-electron chi connectivity index (χ3n) is 8.18. The lowest BCUT2D eigenvalue weighted by atomic mass is 9.97. The molecule has 12 nitrogen and oxygen atoms in total. The van der Waals surface area contributed by atoms with Crippen molar-refractivity contribution in [1.29, 1.82) is 0 Å². The molecule has 5 aromatic rings. The van der Waals surface area contributed by atoms with Gasteiger partial charge in [-0.1, -0.05) is 36.4 Å². The quantitative estimate of drug-likeness (QED) is 0.116. The molecule has 0 aliphatic carbocycles. The molecule has 0 saturated heterocycles. The van der Waals surface area contributed by atoms with Crippen LogP contribution in [0.4, 0.5) is 4.79 Å². The molecule has 0 fully saturated rings. The van der Waals surface area contributed by atoms with Gasteiger partial charge >= 0.3 is 12.1 Å². The fourth-order valence-corrected chi connectivity index (χ4v) is 5.91. The number of phenolic OH excluding ortho intramolecular Hbond substituents is 1.